The topological polar surface area (TPSA) is 135 Å². The van der Waals surface area contributed by atoms with E-state index in [0.717, 1.165) is 6.42 Å². The number of fused-ring (bicyclic) bond motifs is 1. The van der Waals surface area contributed by atoms with Crippen molar-refractivity contribution in [2.24, 2.45) is 5.92 Å². The standard InChI is InChI=1S/C27H37N3O9/c1-4-9-30(39-11-5-2)24(33)15-28-14-18(17-12-20(36-3)26-21(13-17)37-16-38-26)25(27(34)35)19(28)8-10-29-22(31)6-7-23(29)32/h12-13,18-19,25H,4-11,14-16H2,1-3H3,(H,34,35)/t18-,19+,25-/m1/s1. The molecular weight excluding hydrogens is 510 g/mol. The normalized spacial score (nSPS) is 22.5. The number of carboxylic acid groups (broad SMARTS) is 1. The number of ether oxygens (including phenoxy) is 3. The number of aliphatic carboxylic acids is 1. The van der Waals surface area contributed by atoms with E-state index in [-0.39, 0.29) is 63.4 Å². The lowest BCUT2D eigenvalue weighted by molar-refractivity contribution is -0.188. The summed E-state index contributed by atoms with van der Waals surface area (Å²) in [5, 5.41) is 11.8. The number of hydroxylamine groups is 2. The largest absolute Gasteiger partial charge is 0.493 e. The number of carboxylic acids is 1. The second-order valence-electron chi connectivity index (χ2n) is 9.98. The molecule has 12 heteroatoms. The fraction of sp³-hybridized carbons (Fsp3) is 0.630. The molecule has 214 valence electrons. The quantitative estimate of drug-likeness (QED) is 0.289. The zero-order chi connectivity index (χ0) is 28.1. The third-order valence-electron chi connectivity index (χ3n) is 7.44. The smallest absolute Gasteiger partial charge is 0.308 e. The predicted octanol–water partition coefficient (Wildman–Crippen LogP) is 2.01. The summed E-state index contributed by atoms with van der Waals surface area (Å²) in [6, 6.07) is 2.90. The molecule has 39 heavy (non-hydrogen) atoms. The van der Waals surface area contributed by atoms with E-state index in [4.69, 9.17) is 19.0 Å². The molecule has 0 spiro atoms. The average Bonchev–Trinajstić information content (AvgIpc) is 3.62. The van der Waals surface area contributed by atoms with Crippen LogP contribution in [0.2, 0.25) is 0 Å². The number of benzene rings is 1. The first-order chi connectivity index (χ1) is 18.8. The van der Waals surface area contributed by atoms with Gasteiger partial charge in [0.2, 0.25) is 24.4 Å². The van der Waals surface area contributed by atoms with Crippen molar-refractivity contribution < 1.29 is 43.3 Å². The highest BCUT2D eigenvalue weighted by molar-refractivity contribution is 6.01. The zero-order valence-corrected chi connectivity index (χ0v) is 22.7. The molecule has 2 saturated heterocycles. The summed E-state index contributed by atoms with van der Waals surface area (Å²) in [6.07, 6.45) is 1.99. The van der Waals surface area contributed by atoms with Gasteiger partial charge in [-0.25, -0.2) is 5.06 Å². The van der Waals surface area contributed by atoms with Gasteiger partial charge in [0.15, 0.2) is 11.5 Å². The van der Waals surface area contributed by atoms with E-state index in [1.54, 1.807) is 12.1 Å². The Kier molecular flexibility index (Phi) is 9.28. The number of amides is 3. The summed E-state index contributed by atoms with van der Waals surface area (Å²) < 4.78 is 16.5. The summed E-state index contributed by atoms with van der Waals surface area (Å²) in [4.78, 5) is 59.3. The number of carbonyl (C=O) groups excluding carboxylic acids is 3. The van der Waals surface area contributed by atoms with Crippen molar-refractivity contribution in [1.82, 2.24) is 14.9 Å². The van der Waals surface area contributed by atoms with Crippen LogP contribution in [0.15, 0.2) is 12.1 Å². The molecule has 3 amide bonds. The lowest BCUT2D eigenvalue weighted by atomic mass is 9.84. The van der Waals surface area contributed by atoms with E-state index in [2.05, 4.69) is 0 Å². The van der Waals surface area contributed by atoms with E-state index in [9.17, 15) is 24.3 Å². The van der Waals surface area contributed by atoms with Crippen molar-refractivity contribution in [1.29, 1.82) is 0 Å². The summed E-state index contributed by atoms with van der Waals surface area (Å²) in [6.45, 7) is 5.05. The molecule has 3 heterocycles. The minimum absolute atomic E-state index is 0.0361. The van der Waals surface area contributed by atoms with Crippen molar-refractivity contribution in [3.63, 3.8) is 0 Å². The van der Waals surface area contributed by atoms with Gasteiger partial charge in [-0.05, 0) is 37.0 Å². The molecule has 3 atom stereocenters. The maximum atomic E-state index is 13.3. The Morgan fingerprint density at radius 3 is 2.51 bits per heavy atom. The van der Waals surface area contributed by atoms with Gasteiger partial charge in [-0.15, -0.1) is 0 Å². The van der Waals surface area contributed by atoms with Gasteiger partial charge in [-0.2, -0.15) is 0 Å². The molecule has 0 saturated carbocycles. The van der Waals surface area contributed by atoms with Gasteiger partial charge in [0.25, 0.3) is 5.91 Å². The van der Waals surface area contributed by atoms with Crippen LogP contribution in [0.5, 0.6) is 17.2 Å². The highest BCUT2D eigenvalue weighted by Gasteiger charge is 2.48. The number of likely N-dealkylation sites (tertiary alicyclic amines) is 2. The Morgan fingerprint density at radius 2 is 1.87 bits per heavy atom. The summed E-state index contributed by atoms with van der Waals surface area (Å²) in [5.74, 6) is -1.86. The van der Waals surface area contributed by atoms with Crippen LogP contribution < -0.4 is 14.2 Å². The van der Waals surface area contributed by atoms with Crippen LogP contribution >= 0.6 is 0 Å². The van der Waals surface area contributed by atoms with Gasteiger partial charge >= 0.3 is 5.97 Å². The van der Waals surface area contributed by atoms with Gasteiger partial charge in [0, 0.05) is 44.4 Å². The fourth-order valence-corrected chi connectivity index (χ4v) is 5.61. The van der Waals surface area contributed by atoms with Crippen molar-refractivity contribution in [2.75, 3.05) is 46.7 Å². The molecule has 1 aromatic carbocycles. The Labute approximate surface area is 227 Å². The Morgan fingerprint density at radius 1 is 1.13 bits per heavy atom. The molecule has 0 aromatic heterocycles. The van der Waals surface area contributed by atoms with Crippen molar-refractivity contribution >= 4 is 23.7 Å². The Balaban J connectivity index is 1.64. The minimum Gasteiger partial charge on any atom is -0.493 e. The van der Waals surface area contributed by atoms with Crippen molar-refractivity contribution in [3.8, 4) is 17.2 Å². The number of rotatable bonds is 13. The van der Waals surface area contributed by atoms with Crippen LogP contribution in [0.25, 0.3) is 0 Å². The maximum absolute atomic E-state index is 13.3. The lowest BCUT2D eigenvalue weighted by Crippen LogP contribution is -2.45. The average molecular weight is 548 g/mol. The Bertz CT molecular complexity index is 1080. The fourth-order valence-electron chi connectivity index (χ4n) is 5.61. The molecule has 3 aliphatic heterocycles. The van der Waals surface area contributed by atoms with E-state index < -0.39 is 23.8 Å². The first-order valence-corrected chi connectivity index (χ1v) is 13.5. The molecule has 0 radical (unpaired) electrons. The second-order valence-corrected chi connectivity index (χ2v) is 9.98. The van der Waals surface area contributed by atoms with E-state index >= 15 is 0 Å². The number of hydrogen-bond donors (Lipinski definition) is 1. The molecule has 0 unspecified atom stereocenters. The SMILES string of the molecule is CCCON(CCC)C(=O)CN1C[C@H](c2cc(OC)c3c(c2)OCO3)[C@@H](C(=O)O)[C@@H]1CCN1C(=O)CCC1=O. The van der Waals surface area contributed by atoms with Gasteiger partial charge in [-0.1, -0.05) is 13.8 Å². The molecule has 1 aromatic rings. The molecule has 12 nitrogen and oxygen atoms in total. The van der Waals surface area contributed by atoms with Gasteiger partial charge in [-0.3, -0.25) is 33.8 Å². The molecule has 0 bridgehead atoms. The first-order valence-electron chi connectivity index (χ1n) is 13.5. The van der Waals surface area contributed by atoms with E-state index in [0.29, 0.717) is 42.4 Å². The number of nitrogens with zero attached hydrogens (tertiary/aromatic N) is 3. The third-order valence-corrected chi connectivity index (χ3v) is 7.44. The number of carbonyl (C=O) groups is 4. The minimum atomic E-state index is -1.02. The molecule has 0 aliphatic carbocycles. The van der Waals surface area contributed by atoms with E-state index in [1.165, 1.54) is 17.1 Å². The summed E-state index contributed by atoms with van der Waals surface area (Å²) in [5.41, 5.74) is 0.685. The molecule has 4 rings (SSSR count). The molecular formula is C27H37N3O9. The van der Waals surface area contributed by atoms with Crippen LogP contribution in [-0.4, -0.2) is 96.4 Å². The Hall–Kier alpha value is -3.38. The maximum Gasteiger partial charge on any atom is 0.308 e. The van der Waals surface area contributed by atoms with E-state index in [1.807, 2.05) is 18.7 Å². The first kappa shape index (κ1) is 28.6. The van der Waals surface area contributed by atoms with Crippen LogP contribution in [0.3, 0.4) is 0 Å². The van der Waals surface area contributed by atoms with Crippen LogP contribution in [0, 0.1) is 5.92 Å². The lowest BCUT2D eigenvalue weighted by Gasteiger charge is -2.30. The van der Waals surface area contributed by atoms with Gasteiger partial charge in [0.1, 0.15) is 0 Å². The monoisotopic (exact) mass is 547 g/mol. The molecule has 1 N–H and O–H groups in total. The molecule has 2 fully saturated rings. The number of imide groups is 1. The van der Waals surface area contributed by atoms with Crippen LogP contribution in [-0.2, 0) is 24.0 Å². The van der Waals surface area contributed by atoms with Gasteiger partial charge < -0.3 is 19.3 Å². The predicted molar refractivity (Wildman–Crippen MR) is 137 cm³/mol. The molecule has 3 aliphatic rings. The highest BCUT2D eigenvalue weighted by Crippen LogP contribution is 2.47. The highest BCUT2D eigenvalue weighted by atomic mass is 16.7. The van der Waals surface area contributed by atoms with Crippen LogP contribution in [0.4, 0.5) is 0 Å². The number of hydrogen-bond acceptors (Lipinski definition) is 9. The van der Waals surface area contributed by atoms with Gasteiger partial charge in [0.05, 0.1) is 26.2 Å². The third kappa shape index (κ3) is 6.11. The van der Waals surface area contributed by atoms with Crippen molar-refractivity contribution in [3.05, 3.63) is 17.7 Å². The summed E-state index contributed by atoms with van der Waals surface area (Å²) >= 11 is 0. The number of methoxy groups -OCH3 is 1. The van der Waals surface area contributed by atoms with Crippen molar-refractivity contribution in [2.45, 2.75) is 57.9 Å². The zero-order valence-electron chi connectivity index (χ0n) is 22.7. The second kappa shape index (κ2) is 12.6. The van der Waals surface area contributed by atoms with Crippen LogP contribution in [0.1, 0.15) is 57.4 Å². The summed E-state index contributed by atoms with van der Waals surface area (Å²) in [7, 11) is 1.50.